The summed E-state index contributed by atoms with van der Waals surface area (Å²) in [6, 6.07) is 21.0. The summed E-state index contributed by atoms with van der Waals surface area (Å²) in [7, 11) is 0. The molecule has 160 valence electrons. The lowest BCUT2D eigenvalue weighted by Crippen LogP contribution is -2.31. The summed E-state index contributed by atoms with van der Waals surface area (Å²) in [5, 5.41) is 3.65. The van der Waals surface area contributed by atoms with Crippen molar-refractivity contribution in [3.05, 3.63) is 112 Å². The van der Waals surface area contributed by atoms with Gasteiger partial charge in [-0.15, -0.1) is 11.3 Å². The number of nitrogens with zero attached hydrogens (tertiary/aromatic N) is 1. The van der Waals surface area contributed by atoms with Crippen molar-refractivity contribution in [2.75, 3.05) is 0 Å². The molecule has 31 heavy (non-hydrogen) atoms. The molecular weight excluding hydrogens is 402 g/mol. The van der Waals surface area contributed by atoms with E-state index in [1.54, 1.807) is 11.3 Å². The number of allylic oxidation sites excluding steroid dienone is 1. The van der Waals surface area contributed by atoms with Crippen LogP contribution in [0, 0.1) is 0 Å². The Kier molecular flexibility index (Phi) is 7.53. The molecule has 1 fully saturated rings. The highest BCUT2D eigenvalue weighted by Gasteiger charge is 2.22. The molecule has 1 aliphatic carbocycles. The van der Waals surface area contributed by atoms with Gasteiger partial charge in [-0.1, -0.05) is 72.8 Å². The largest absolute Gasteiger partial charge is 0.473 e. The fourth-order valence-electron chi connectivity index (χ4n) is 3.43. The minimum absolute atomic E-state index is 0.0300. The third kappa shape index (κ3) is 7.09. The van der Waals surface area contributed by atoms with Crippen LogP contribution in [-0.2, 0) is 24.2 Å². The van der Waals surface area contributed by atoms with Crippen molar-refractivity contribution in [3.8, 4) is 0 Å². The second-order valence-corrected chi connectivity index (χ2v) is 8.84. The fraction of sp³-hybridized carbons (Fsp3) is 0.269. The van der Waals surface area contributed by atoms with Crippen LogP contribution in [0.25, 0.3) is 0 Å². The first-order valence-corrected chi connectivity index (χ1v) is 11.6. The van der Waals surface area contributed by atoms with Crippen molar-refractivity contribution in [1.29, 1.82) is 0 Å². The lowest BCUT2D eigenvalue weighted by Gasteiger charge is -2.20. The zero-order chi connectivity index (χ0) is 21.3. The summed E-state index contributed by atoms with van der Waals surface area (Å²) in [6.07, 6.45) is 10.1. The quantitative estimate of drug-likeness (QED) is 0.332. The highest BCUT2D eigenvalue weighted by molar-refractivity contribution is 7.09. The standard InChI is InChI=1S/C26H29N3OS/c27-23(15-20-7-3-1-4-8-20)13-14-24(16-21-9-5-2-6-10-21)29-26(22-11-12-22)30-18-25-17-28-19-31-25/h1-10,13-14,17,19,23-24,29H,11-12,15-16,18,27H2/b14-13+/t23-,24?/m0/s1. The molecule has 3 aromatic rings. The Morgan fingerprint density at radius 1 is 1.00 bits per heavy atom. The van der Waals surface area contributed by atoms with E-state index in [1.165, 1.54) is 16.7 Å². The SMILES string of the molecule is N[C@@H](/C=C/C(Cc1ccccc1)NC(OCc1cncs1)=C1CC1)Cc1ccccc1. The average Bonchev–Trinajstić information content (AvgIpc) is 3.51. The summed E-state index contributed by atoms with van der Waals surface area (Å²) in [5.41, 5.74) is 12.1. The van der Waals surface area contributed by atoms with Crippen LogP contribution in [-0.4, -0.2) is 17.1 Å². The predicted molar refractivity (Wildman–Crippen MR) is 127 cm³/mol. The van der Waals surface area contributed by atoms with Gasteiger partial charge in [-0.2, -0.15) is 0 Å². The van der Waals surface area contributed by atoms with Gasteiger partial charge < -0.3 is 15.8 Å². The monoisotopic (exact) mass is 431 g/mol. The number of nitrogens with one attached hydrogen (secondary N) is 1. The summed E-state index contributed by atoms with van der Waals surface area (Å²) in [5.74, 6) is 0.913. The number of ether oxygens (including phenoxy) is 1. The van der Waals surface area contributed by atoms with E-state index in [1.807, 2.05) is 23.8 Å². The van der Waals surface area contributed by atoms with Crippen LogP contribution in [0.15, 0.2) is 96.0 Å². The first kappa shape index (κ1) is 21.3. The number of rotatable bonds is 11. The van der Waals surface area contributed by atoms with Gasteiger partial charge >= 0.3 is 0 Å². The van der Waals surface area contributed by atoms with Gasteiger partial charge in [0.25, 0.3) is 0 Å². The molecule has 1 aliphatic rings. The van der Waals surface area contributed by atoms with E-state index in [4.69, 9.17) is 10.5 Å². The van der Waals surface area contributed by atoms with Crippen LogP contribution in [0.1, 0.15) is 28.8 Å². The molecule has 0 saturated heterocycles. The highest BCUT2D eigenvalue weighted by Crippen LogP contribution is 2.32. The van der Waals surface area contributed by atoms with Crippen molar-refractivity contribution in [3.63, 3.8) is 0 Å². The third-order valence-electron chi connectivity index (χ3n) is 5.18. The normalized spacial score (nSPS) is 14.9. The summed E-state index contributed by atoms with van der Waals surface area (Å²) in [4.78, 5) is 5.26. The van der Waals surface area contributed by atoms with Crippen LogP contribution in [0.3, 0.4) is 0 Å². The summed E-state index contributed by atoms with van der Waals surface area (Å²) in [6.45, 7) is 0.547. The molecule has 1 saturated carbocycles. The zero-order valence-corrected chi connectivity index (χ0v) is 18.4. The molecule has 3 N–H and O–H groups in total. The van der Waals surface area contributed by atoms with Crippen molar-refractivity contribution in [1.82, 2.24) is 10.3 Å². The fourth-order valence-corrected chi connectivity index (χ4v) is 3.93. The Morgan fingerprint density at radius 2 is 1.68 bits per heavy atom. The van der Waals surface area contributed by atoms with Crippen molar-refractivity contribution in [2.45, 2.75) is 44.4 Å². The minimum Gasteiger partial charge on any atom is -0.473 e. The highest BCUT2D eigenvalue weighted by atomic mass is 32.1. The van der Waals surface area contributed by atoms with Crippen LogP contribution >= 0.6 is 11.3 Å². The molecular formula is C26H29N3OS. The van der Waals surface area contributed by atoms with E-state index in [2.05, 4.69) is 71.0 Å². The van der Waals surface area contributed by atoms with Gasteiger partial charge in [-0.3, -0.25) is 4.98 Å². The maximum atomic E-state index is 6.41. The first-order valence-electron chi connectivity index (χ1n) is 10.8. The molecule has 0 aliphatic heterocycles. The molecule has 0 amide bonds. The number of nitrogens with two attached hydrogens (primary N) is 1. The van der Waals surface area contributed by atoms with Crippen molar-refractivity contribution < 1.29 is 4.74 Å². The second kappa shape index (κ2) is 10.9. The van der Waals surface area contributed by atoms with Gasteiger partial charge in [-0.25, -0.2) is 0 Å². The van der Waals surface area contributed by atoms with E-state index < -0.39 is 0 Å². The molecule has 2 aromatic carbocycles. The van der Waals surface area contributed by atoms with Crippen molar-refractivity contribution >= 4 is 11.3 Å². The Hall–Kier alpha value is -2.89. The molecule has 1 unspecified atom stereocenters. The Bertz CT molecular complexity index is 978. The predicted octanol–water partition coefficient (Wildman–Crippen LogP) is 4.99. The van der Waals surface area contributed by atoms with Gasteiger partial charge in [0.05, 0.1) is 16.4 Å². The number of aromatic nitrogens is 1. The van der Waals surface area contributed by atoms with Crippen LogP contribution in [0.2, 0.25) is 0 Å². The summed E-state index contributed by atoms with van der Waals surface area (Å²) >= 11 is 1.62. The van der Waals surface area contributed by atoms with E-state index in [-0.39, 0.29) is 12.1 Å². The Balaban J connectivity index is 1.43. The summed E-state index contributed by atoms with van der Waals surface area (Å²) < 4.78 is 6.15. The van der Waals surface area contributed by atoms with Crippen LogP contribution in [0.5, 0.6) is 0 Å². The number of hydrogen-bond acceptors (Lipinski definition) is 5. The van der Waals surface area contributed by atoms with Gasteiger partial charge in [0.1, 0.15) is 6.61 Å². The number of thiazole rings is 1. The lowest BCUT2D eigenvalue weighted by atomic mass is 10.0. The molecule has 0 spiro atoms. The Morgan fingerprint density at radius 3 is 2.29 bits per heavy atom. The molecule has 4 nitrogen and oxygen atoms in total. The third-order valence-corrected chi connectivity index (χ3v) is 5.94. The molecule has 1 aromatic heterocycles. The minimum atomic E-state index is -0.0300. The maximum absolute atomic E-state index is 6.41. The molecule has 1 heterocycles. The molecule has 5 heteroatoms. The second-order valence-electron chi connectivity index (χ2n) is 7.87. The van der Waals surface area contributed by atoms with Gasteiger partial charge in [0.2, 0.25) is 0 Å². The van der Waals surface area contributed by atoms with Gasteiger partial charge in [0.15, 0.2) is 5.88 Å². The lowest BCUT2D eigenvalue weighted by molar-refractivity contribution is 0.174. The van der Waals surface area contributed by atoms with E-state index in [0.29, 0.717) is 6.61 Å². The zero-order valence-electron chi connectivity index (χ0n) is 17.6. The first-order chi connectivity index (χ1) is 15.3. The average molecular weight is 432 g/mol. The van der Waals surface area contributed by atoms with E-state index >= 15 is 0 Å². The van der Waals surface area contributed by atoms with E-state index in [9.17, 15) is 0 Å². The topological polar surface area (TPSA) is 60.2 Å². The van der Waals surface area contributed by atoms with Gasteiger partial charge in [0, 0.05) is 12.2 Å². The van der Waals surface area contributed by atoms with Crippen LogP contribution in [0.4, 0.5) is 0 Å². The molecule has 4 rings (SSSR count). The van der Waals surface area contributed by atoms with Crippen LogP contribution < -0.4 is 11.1 Å². The van der Waals surface area contributed by atoms with Gasteiger partial charge in [-0.05, 0) is 42.4 Å². The molecule has 2 atom stereocenters. The van der Waals surface area contributed by atoms with Crippen molar-refractivity contribution in [2.24, 2.45) is 5.73 Å². The Labute approximate surface area is 188 Å². The number of benzene rings is 2. The molecule has 0 radical (unpaired) electrons. The van der Waals surface area contributed by atoms with E-state index in [0.717, 1.165) is 36.4 Å². The smallest absolute Gasteiger partial charge is 0.186 e. The molecule has 0 bridgehead atoms. The number of hydrogen-bond donors (Lipinski definition) is 2. The maximum Gasteiger partial charge on any atom is 0.186 e.